The van der Waals surface area contributed by atoms with Gasteiger partial charge in [0.25, 0.3) is 0 Å². The van der Waals surface area contributed by atoms with Gasteiger partial charge in [-0.05, 0) is 62.3 Å². The monoisotopic (exact) mass is 330 g/mol. The molecule has 0 aliphatic carbocycles. The minimum Gasteiger partial charge on any atom is -0.456 e. The molecule has 0 atom stereocenters. The maximum absolute atomic E-state index is 12.0. The number of ether oxygens (including phenoxy) is 1. The molecule has 1 saturated heterocycles. The summed E-state index contributed by atoms with van der Waals surface area (Å²) < 4.78 is 5.72. The maximum atomic E-state index is 12.0. The van der Waals surface area contributed by atoms with E-state index < -0.39 is 0 Å². The zero-order valence-electron chi connectivity index (χ0n) is 12.8. The lowest BCUT2D eigenvalue weighted by Crippen LogP contribution is -2.30. The van der Waals surface area contributed by atoms with E-state index in [1.807, 2.05) is 42.5 Å². The molecule has 3 rings (SSSR count). The van der Waals surface area contributed by atoms with Gasteiger partial charge in [0.2, 0.25) is 5.91 Å². The number of carbonyl (C=O) groups is 1. The summed E-state index contributed by atoms with van der Waals surface area (Å²) >= 11 is 6.07. The fourth-order valence-electron chi connectivity index (χ4n) is 2.61. The van der Waals surface area contributed by atoms with E-state index in [0.29, 0.717) is 23.1 Å². The van der Waals surface area contributed by atoms with Crippen LogP contribution >= 0.6 is 11.6 Å². The molecule has 5 heteroatoms. The fourth-order valence-corrected chi connectivity index (χ4v) is 2.78. The molecular formula is C18H19ClN2O2. The average molecular weight is 331 g/mol. The molecule has 0 unspecified atom stereocenters. The predicted octanol–water partition coefficient (Wildman–Crippen LogP) is 4.17. The molecule has 1 aliphatic rings. The normalized spacial score (nSPS) is 14.7. The van der Waals surface area contributed by atoms with Crippen molar-refractivity contribution in [3.63, 3.8) is 0 Å². The first-order valence-corrected chi connectivity index (χ1v) is 8.13. The molecule has 0 spiro atoms. The third-order valence-electron chi connectivity index (χ3n) is 3.77. The minimum absolute atomic E-state index is 0.0201. The molecule has 1 N–H and O–H groups in total. The number of anilines is 1. The highest BCUT2D eigenvalue weighted by molar-refractivity contribution is 6.32. The Morgan fingerprint density at radius 2 is 1.78 bits per heavy atom. The Kier molecular flexibility index (Phi) is 5.16. The first-order valence-electron chi connectivity index (χ1n) is 7.75. The number of para-hydroxylation sites is 1. The van der Waals surface area contributed by atoms with Gasteiger partial charge in [0.1, 0.15) is 11.5 Å². The van der Waals surface area contributed by atoms with Crippen molar-refractivity contribution in [3.05, 3.63) is 53.6 Å². The van der Waals surface area contributed by atoms with Crippen molar-refractivity contribution in [2.24, 2.45) is 0 Å². The Morgan fingerprint density at radius 3 is 2.48 bits per heavy atom. The summed E-state index contributed by atoms with van der Waals surface area (Å²) in [4.78, 5) is 14.2. The van der Waals surface area contributed by atoms with Crippen LogP contribution in [0.25, 0.3) is 0 Å². The number of amides is 1. The predicted molar refractivity (Wildman–Crippen MR) is 92.3 cm³/mol. The summed E-state index contributed by atoms with van der Waals surface area (Å²) in [5.74, 6) is 1.31. The second kappa shape index (κ2) is 7.49. The van der Waals surface area contributed by atoms with Gasteiger partial charge in [-0.2, -0.15) is 0 Å². The molecule has 23 heavy (non-hydrogen) atoms. The van der Waals surface area contributed by atoms with Gasteiger partial charge in [-0.25, -0.2) is 0 Å². The lowest BCUT2D eigenvalue weighted by atomic mass is 10.3. The van der Waals surface area contributed by atoms with Crippen LogP contribution in [-0.4, -0.2) is 30.4 Å². The number of hydrogen-bond donors (Lipinski definition) is 1. The van der Waals surface area contributed by atoms with Crippen molar-refractivity contribution in [1.82, 2.24) is 4.90 Å². The lowest BCUT2D eigenvalue weighted by Gasteiger charge is -2.14. The molecular weight excluding hydrogens is 312 g/mol. The minimum atomic E-state index is 0.0201. The summed E-state index contributed by atoms with van der Waals surface area (Å²) in [6.07, 6.45) is 2.36. The zero-order valence-corrected chi connectivity index (χ0v) is 13.6. The highest BCUT2D eigenvalue weighted by Crippen LogP contribution is 2.29. The Labute approximate surface area is 141 Å². The summed E-state index contributed by atoms with van der Waals surface area (Å²) in [6.45, 7) is 2.48. The molecule has 4 nitrogen and oxygen atoms in total. The summed E-state index contributed by atoms with van der Waals surface area (Å²) in [5, 5.41) is 3.47. The van der Waals surface area contributed by atoms with Gasteiger partial charge in [-0.3, -0.25) is 9.69 Å². The first kappa shape index (κ1) is 15.8. The van der Waals surface area contributed by atoms with Crippen LogP contribution in [0.4, 0.5) is 5.69 Å². The van der Waals surface area contributed by atoms with Gasteiger partial charge in [-0.15, -0.1) is 0 Å². The van der Waals surface area contributed by atoms with Crippen molar-refractivity contribution in [2.45, 2.75) is 12.8 Å². The molecule has 1 heterocycles. The number of hydrogen-bond acceptors (Lipinski definition) is 3. The van der Waals surface area contributed by atoms with Gasteiger partial charge in [0, 0.05) is 5.69 Å². The van der Waals surface area contributed by atoms with E-state index in [9.17, 15) is 4.79 Å². The van der Waals surface area contributed by atoms with Crippen LogP contribution in [0.5, 0.6) is 11.5 Å². The SMILES string of the molecule is O=C(CN1CCCC1)Nc1ccc(Oc2ccccc2Cl)cc1. The number of carbonyl (C=O) groups excluding carboxylic acids is 1. The molecule has 0 saturated carbocycles. The van der Waals surface area contributed by atoms with Gasteiger partial charge in [-0.1, -0.05) is 23.7 Å². The van der Waals surface area contributed by atoms with Crippen molar-refractivity contribution < 1.29 is 9.53 Å². The first-order chi connectivity index (χ1) is 11.2. The number of benzene rings is 2. The summed E-state index contributed by atoms with van der Waals surface area (Å²) in [6, 6.07) is 14.6. The van der Waals surface area contributed by atoms with Crippen LogP contribution in [0, 0.1) is 0 Å². The quantitative estimate of drug-likeness (QED) is 0.894. The van der Waals surface area contributed by atoms with E-state index in [1.54, 1.807) is 6.07 Å². The Balaban J connectivity index is 1.56. The molecule has 2 aromatic carbocycles. The third kappa shape index (κ3) is 4.47. The molecule has 2 aromatic rings. The van der Waals surface area contributed by atoms with Crippen LogP contribution in [0.2, 0.25) is 5.02 Å². The molecule has 120 valence electrons. The average Bonchev–Trinajstić information content (AvgIpc) is 3.04. The van der Waals surface area contributed by atoms with Crippen LogP contribution in [0.15, 0.2) is 48.5 Å². The summed E-state index contributed by atoms with van der Waals surface area (Å²) in [7, 11) is 0. The van der Waals surface area contributed by atoms with E-state index in [2.05, 4.69) is 10.2 Å². The Bertz CT molecular complexity index is 667. The number of nitrogens with zero attached hydrogens (tertiary/aromatic N) is 1. The molecule has 0 radical (unpaired) electrons. The third-order valence-corrected chi connectivity index (χ3v) is 4.08. The van der Waals surface area contributed by atoms with Crippen LogP contribution in [0.3, 0.4) is 0 Å². The fraction of sp³-hybridized carbons (Fsp3) is 0.278. The smallest absolute Gasteiger partial charge is 0.238 e. The Hall–Kier alpha value is -2.04. The standard InChI is InChI=1S/C18H19ClN2O2/c19-16-5-1-2-6-17(16)23-15-9-7-14(8-10-15)20-18(22)13-21-11-3-4-12-21/h1-2,5-10H,3-4,11-13H2,(H,20,22). The van der Waals surface area contributed by atoms with E-state index in [1.165, 1.54) is 12.8 Å². The van der Waals surface area contributed by atoms with Gasteiger partial charge in [0.15, 0.2) is 0 Å². The highest BCUT2D eigenvalue weighted by Gasteiger charge is 2.15. The molecule has 1 aliphatic heterocycles. The number of halogens is 1. The summed E-state index contributed by atoms with van der Waals surface area (Å²) in [5.41, 5.74) is 0.765. The zero-order chi connectivity index (χ0) is 16.1. The van der Waals surface area contributed by atoms with Crippen molar-refractivity contribution in [3.8, 4) is 11.5 Å². The van der Waals surface area contributed by atoms with Crippen LogP contribution in [-0.2, 0) is 4.79 Å². The van der Waals surface area contributed by atoms with Gasteiger partial charge in [0.05, 0.1) is 11.6 Å². The second-order valence-corrected chi connectivity index (χ2v) is 6.00. The number of nitrogens with one attached hydrogen (secondary N) is 1. The van der Waals surface area contributed by atoms with E-state index in [4.69, 9.17) is 16.3 Å². The van der Waals surface area contributed by atoms with Crippen molar-refractivity contribution in [1.29, 1.82) is 0 Å². The van der Waals surface area contributed by atoms with Crippen LogP contribution in [0.1, 0.15) is 12.8 Å². The molecule has 1 fully saturated rings. The topological polar surface area (TPSA) is 41.6 Å². The molecule has 0 bridgehead atoms. The highest BCUT2D eigenvalue weighted by atomic mass is 35.5. The lowest BCUT2D eigenvalue weighted by molar-refractivity contribution is -0.117. The van der Waals surface area contributed by atoms with Crippen molar-refractivity contribution >= 4 is 23.2 Å². The maximum Gasteiger partial charge on any atom is 0.238 e. The molecule has 0 aromatic heterocycles. The van der Waals surface area contributed by atoms with Gasteiger partial charge < -0.3 is 10.1 Å². The largest absolute Gasteiger partial charge is 0.456 e. The second-order valence-electron chi connectivity index (χ2n) is 5.59. The van der Waals surface area contributed by atoms with Crippen molar-refractivity contribution in [2.75, 3.05) is 25.0 Å². The van der Waals surface area contributed by atoms with Crippen LogP contribution < -0.4 is 10.1 Å². The Morgan fingerprint density at radius 1 is 1.09 bits per heavy atom. The van der Waals surface area contributed by atoms with E-state index >= 15 is 0 Å². The number of likely N-dealkylation sites (tertiary alicyclic amines) is 1. The van der Waals surface area contributed by atoms with E-state index in [0.717, 1.165) is 18.8 Å². The van der Waals surface area contributed by atoms with E-state index in [-0.39, 0.29) is 5.91 Å². The number of rotatable bonds is 5. The van der Waals surface area contributed by atoms with Gasteiger partial charge >= 0.3 is 0 Å². The molecule has 1 amide bonds.